The SMILES string of the molecule is CCOC(=O)c1oc2ccc(Cl)cc2c(=O)c1C(=O)OCC. The van der Waals surface area contributed by atoms with Gasteiger partial charge in [-0.1, -0.05) is 11.6 Å². The number of hydrogen-bond acceptors (Lipinski definition) is 6. The van der Waals surface area contributed by atoms with Gasteiger partial charge in [0.1, 0.15) is 5.58 Å². The van der Waals surface area contributed by atoms with Crippen LogP contribution in [0.5, 0.6) is 0 Å². The summed E-state index contributed by atoms with van der Waals surface area (Å²) in [6.07, 6.45) is 0. The molecule has 0 fully saturated rings. The molecular formula is C15H13ClO6. The molecule has 2 rings (SSSR count). The molecule has 0 N–H and O–H groups in total. The molecule has 0 bridgehead atoms. The Hall–Kier alpha value is -2.34. The maximum atomic E-state index is 12.5. The molecule has 2 aromatic rings. The highest BCUT2D eigenvalue weighted by atomic mass is 35.5. The highest BCUT2D eigenvalue weighted by Crippen LogP contribution is 2.21. The van der Waals surface area contributed by atoms with Crippen LogP contribution in [0.25, 0.3) is 11.0 Å². The number of esters is 2. The molecule has 22 heavy (non-hydrogen) atoms. The van der Waals surface area contributed by atoms with Crippen molar-refractivity contribution in [1.82, 2.24) is 0 Å². The topological polar surface area (TPSA) is 82.8 Å². The van der Waals surface area contributed by atoms with Crippen molar-refractivity contribution in [3.8, 4) is 0 Å². The van der Waals surface area contributed by atoms with E-state index in [1.165, 1.54) is 18.2 Å². The van der Waals surface area contributed by atoms with E-state index in [4.69, 9.17) is 25.5 Å². The van der Waals surface area contributed by atoms with E-state index in [0.717, 1.165) is 0 Å². The molecule has 0 atom stereocenters. The molecule has 0 radical (unpaired) electrons. The van der Waals surface area contributed by atoms with Crippen molar-refractivity contribution < 1.29 is 23.5 Å². The molecular weight excluding hydrogens is 312 g/mol. The molecule has 0 amide bonds. The van der Waals surface area contributed by atoms with Gasteiger partial charge in [-0.25, -0.2) is 9.59 Å². The van der Waals surface area contributed by atoms with Gasteiger partial charge < -0.3 is 13.9 Å². The molecule has 1 heterocycles. The molecule has 116 valence electrons. The van der Waals surface area contributed by atoms with Gasteiger partial charge in [-0.05, 0) is 32.0 Å². The summed E-state index contributed by atoms with van der Waals surface area (Å²) in [5.74, 6) is -2.32. The minimum absolute atomic E-state index is 0.0497. The van der Waals surface area contributed by atoms with E-state index in [-0.39, 0.29) is 24.2 Å². The van der Waals surface area contributed by atoms with Crippen molar-refractivity contribution in [1.29, 1.82) is 0 Å². The van der Waals surface area contributed by atoms with Gasteiger partial charge in [0.05, 0.1) is 18.6 Å². The van der Waals surface area contributed by atoms with Gasteiger partial charge in [-0.2, -0.15) is 0 Å². The molecule has 6 nitrogen and oxygen atoms in total. The first-order chi connectivity index (χ1) is 10.5. The molecule has 1 aromatic carbocycles. The standard InChI is InChI=1S/C15H13ClO6/c1-3-20-14(18)11-12(17)9-7-8(16)5-6-10(9)22-13(11)15(19)21-4-2/h5-7H,3-4H2,1-2H3. The first-order valence-electron chi connectivity index (χ1n) is 6.60. The number of halogens is 1. The van der Waals surface area contributed by atoms with Gasteiger partial charge in [0, 0.05) is 5.02 Å². The molecule has 0 aliphatic heterocycles. The highest BCUT2D eigenvalue weighted by Gasteiger charge is 2.27. The zero-order valence-electron chi connectivity index (χ0n) is 12.0. The van der Waals surface area contributed by atoms with Crippen molar-refractivity contribution in [2.45, 2.75) is 13.8 Å². The quantitative estimate of drug-likeness (QED) is 0.804. The van der Waals surface area contributed by atoms with Crippen LogP contribution in [0.1, 0.15) is 34.8 Å². The van der Waals surface area contributed by atoms with Gasteiger partial charge in [-0.3, -0.25) is 4.79 Å². The van der Waals surface area contributed by atoms with Crippen molar-refractivity contribution in [2.24, 2.45) is 0 Å². The molecule has 0 saturated carbocycles. The molecule has 7 heteroatoms. The number of hydrogen-bond donors (Lipinski definition) is 0. The second-order valence-corrected chi connectivity index (χ2v) is 4.65. The van der Waals surface area contributed by atoms with Crippen LogP contribution in [0.15, 0.2) is 27.4 Å². The fourth-order valence-corrected chi connectivity index (χ4v) is 2.07. The van der Waals surface area contributed by atoms with Crippen LogP contribution in [0.4, 0.5) is 0 Å². The van der Waals surface area contributed by atoms with Crippen LogP contribution in [0, 0.1) is 0 Å². The zero-order chi connectivity index (χ0) is 16.3. The van der Waals surface area contributed by atoms with Crippen LogP contribution in [0.2, 0.25) is 5.02 Å². The molecule has 0 aliphatic rings. The Kier molecular flexibility index (Phi) is 4.82. The predicted molar refractivity (Wildman–Crippen MR) is 79.4 cm³/mol. The Morgan fingerprint density at radius 2 is 1.77 bits per heavy atom. The van der Waals surface area contributed by atoms with E-state index in [1.54, 1.807) is 13.8 Å². The number of carbonyl (C=O) groups excluding carboxylic acids is 2. The summed E-state index contributed by atoms with van der Waals surface area (Å²) in [5, 5.41) is 0.391. The van der Waals surface area contributed by atoms with Crippen molar-refractivity contribution in [3.63, 3.8) is 0 Å². The van der Waals surface area contributed by atoms with Gasteiger partial charge >= 0.3 is 11.9 Å². The van der Waals surface area contributed by atoms with E-state index in [1.807, 2.05) is 0 Å². The lowest BCUT2D eigenvalue weighted by Crippen LogP contribution is -2.23. The number of carbonyl (C=O) groups is 2. The maximum absolute atomic E-state index is 12.5. The summed E-state index contributed by atoms with van der Waals surface area (Å²) in [4.78, 5) is 36.4. The first kappa shape index (κ1) is 16.0. The molecule has 0 unspecified atom stereocenters. The van der Waals surface area contributed by atoms with Crippen LogP contribution < -0.4 is 5.43 Å². The molecule has 0 saturated heterocycles. The maximum Gasteiger partial charge on any atom is 0.375 e. The van der Waals surface area contributed by atoms with E-state index in [0.29, 0.717) is 5.02 Å². The lowest BCUT2D eigenvalue weighted by atomic mass is 10.1. The van der Waals surface area contributed by atoms with Gasteiger partial charge in [0.2, 0.25) is 11.2 Å². The van der Waals surface area contributed by atoms with Crippen LogP contribution >= 0.6 is 11.6 Å². The van der Waals surface area contributed by atoms with Crippen LogP contribution in [-0.2, 0) is 9.47 Å². The average molecular weight is 325 g/mol. The number of benzene rings is 1. The largest absolute Gasteiger partial charge is 0.462 e. The normalized spacial score (nSPS) is 10.5. The summed E-state index contributed by atoms with van der Waals surface area (Å²) in [6.45, 7) is 3.31. The second-order valence-electron chi connectivity index (χ2n) is 4.22. The molecule has 0 spiro atoms. The smallest absolute Gasteiger partial charge is 0.375 e. The Morgan fingerprint density at radius 3 is 2.41 bits per heavy atom. The zero-order valence-corrected chi connectivity index (χ0v) is 12.7. The van der Waals surface area contributed by atoms with Crippen molar-refractivity contribution in [2.75, 3.05) is 13.2 Å². The fourth-order valence-electron chi connectivity index (χ4n) is 1.90. The summed E-state index contributed by atoms with van der Waals surface area (Å²) >= 11 is 5.85. The third kappa shape index (κ3) is 2.96. The summed E-state index contributed by atoms with van der Waals surface area (Å²) < 4.78 is 15.0. The summed E-state index contributed by atoms with van der Waals surface area (Å²) in [7, 11) is 0. The fraction of sp³-hybridized carbons (Fsp3) is 0.267. The number of rotatable bonds is 4. The molecule has 0 aliphatic carbocycles. The lowest BCUT2D eigenvalue weighted by Gasteiger charge is -2.08. The number of ether oxygens (including phenoxy) is 2. The Labute approximate surface area is 130 Å². The van der Waals surface area contributed by atoms with Gasteiger partial charge in [0.25, 0.3) is 0 Å². The number of fused-ring (bicyclic) bond motifs is 1. The Morgan fingerprint density at radius 1 is 1.14 bits per heavy atom. The van der Waals surface area contributed by atoms with E-state index >= 15 is 0 Å². The van der Waals surface area contributed by atoms with E-state index in [2.05, 4.69) is 0 Å². The second kappa shape index (κ2) is 6.62. The molecule has 1 aromatic heterocycles. The monoisotopic (exact) mass is 324 g/mol. The van der Waals surface area contributed by atoms with Crippen LogP contribution in [0.3, 0.4) is 0 Å². The Balaban J connectivity index is 2.78. The van der Waals surface area contributed by atoms with Crippen molar-refractivity contribution >= 4 is 34.5 Å². The average Bonchev–Trinajstić information content (AvgIpc) is 2.48. The first-order valence-corrected chi connectivity index (χ1v) is 6.98. The van der Waals surface area contributed by atoms with E-state index in [9.17, 15) is 14.4 Å². The minimum Gasteiger partial charge on any atom is -0.462 e. The summed E-state index contributed by atoms with van der Waals surface area (Å²) in [5.41, 5.74) is -1.05. The summed E-state index contributed by atoms with van der Waals surface area (Å²) in [6, 6.07) is 4.31. The van der Waals surface area contributed by atoms with Gasteiger partial charge in [-0.15, -0.1) is 0 Å². The Bertz CT molecular complexity index is 792. The minimum atomic E-state index is -0.943. The predicted octanol–water partition coefficient (Wildman–Crippen LogP) is 2.80. The third-order valence-corrected chi connectivity index (χ3v) is 3.03. The van der Waals surface area contributed by atoms with Crippen LogP contribution in [-0.4, -0.2) is 25.2 Å². The van der Waals surface area contributed by atoms with Crippen molar-refractivity contribution in [3.05, 3.63) is 44.8 Å². The van der Waals surface area contributed by atoms with Gasteiger partial charge in [0.15, 0.2) is 5.56 Å². The van der Waals surface area contributed by atoms with E-state index < -0.39 is 28.7 Å². The third-order valence-electron chi connectivity index (χ3n) is 2.79. The lowest BCUT2D eigenvalue weighted by molar-refractivity contribution is 0.0447. The highest BCUT2D eigenvalue weighted by molar-refractivity contribution is 6.31.